The van der Waals surface area contributed by atoms with Gasteiger partial charge in [0.05, 0.1) is 17.0 Å². The molecule has 0 unspecified atom stereocenters. The maximum Gasteiger partial charge on any atom is 0.244 e. The highest BCUT2D eigenvalue weighted by molar-refractivity contribution is 7.89. The SMILES string of the molecule is CN(C)S(=O)(=O)c1cccc(NCC2(O)CCC2)c1N. The van der Waals surface area contributed by atoms with Crippen LogP contribution in [-0.4, -0.2) is 44.1 Å². The van der Waals surface area contributed by atoms with Crippen LogP contribution in [0.15, 0.2) is 23.1 Å². The zero-order chi connectivity index (χ0) is 15.0. The maximum absolute atomic E-state index is 12.1. The van der Waals surface area contributed by atoms with Crippen LogP contribution in [0.3, 0.4) is 0 Å². The second kappa shape index (κ2) is 5.23. The second-order valence-electron chi connectivity index (χ2n) is 5.44. The molecule has 1 aliphatic carbocycles. The molecule has 0 radical (unpaired) electrons. The Balaban J connectivity index is 2.23. The van der Waals surface area contributed by atoms with Crippen molar-refractivity contribution in [2.75, 3.05) is 31.7 Å². The molecule has 1 aromatic rings. The zero-order valence-corrected chi connectivity index (χ0v) is 12.6. The van der Waals surface area contributed by atoms with Gasteiger partial charge in [-0.1, -0.05) is 6.07 Å². The Kier molecular flexibility index (Phi) is 3.95. The van der Waals surface area contributed by atoms with Crippen molar-refractivity contribution in [3.8, 4) is 0 Å². The van der Waals surface area contributed by atoms with Crippen LogP contribution in [0.5, 0.6) is 0 Å². The highest BCUT2D eigenvalue weighted by Crippen LogP contribution is 2.33. The number of nitrogens with two attached hydrogens (primary N) is 1. The number of sulfonamides is 1. The predicted octanol–water partition coefficient (Wildman–Crippen LogP) is 0.846. The minimum Gasteiger partial charge on any atom is -0.396 e. The van der Waals surface area contributed by atoms with Crippen molar-refractivity contribution in [1.29, 1.82) is 0 Å². The Hall–Kier alpha value is -1.31. The summed E-state index contributed by atoms with van der Waals surface area (Å²) in [4.78, 5) is 0.0769. The van der Waals surface area contributed by atoms with Gasteiger partial charge in [-0.3, -0.25) is 0 Å². The van der Waals surface area contributed by atoms with Crippen molar-refractivity contribution in [2.45, 2.75) is 29.8 Å². The van der Waals surface area contributed by atoms with E-state index in [9.17, 15) is 13.5 Å². The van der Waals surface area contributed by atoms with E-state index in [0.29, 0.717) is 12.2 Å². The maximum atomic E-state index is 12.1. The lowest BCUT2D eigenvalue weighted by Gasteiger charge is -2.37. The third-order valence-electron chi connectivity index (χ3n) is 3.72. The number of nitrogens with zero attached hydrogens (tertiary/aromatic N) is 1. The first kappa shape index (κ1) is 15.1. The first-order valence-electron chi connectivity index (χ1n) is 6.53. The molecule has 4 N–H and O–H groups in total. The summed E-state index contributed by atoms with van der Waals surface area (Å²) in [6, 6.07) is 4.83. The fraction of sp³-hybridized carbons (Fsp3) is 0.538. The lowest BCUT2D eigenvalue weighted by Crippen LogP contribution is -2.43. The van der Waals surface area contributed by atoms with Gasteiger partial charge in [-0.05, 0) is 31.4 Å². The van der Waals surface area contributed by atoms with Gasteiger partial charge in [0, 0.05) is 20.6 Å². The largest absolute Gasteiger partial charge is 0.396 e. The monoisotopic (exact) mass is 299 g/mol. The highest BCUT2D eigenvalue weighted by atomic mass is 32.2. The second-order valence-corrected chi connectivity index (χ2v) is 7.56. The summed E-state index contributed by atoms with van der Waals surface area (Å²) in [5, 5.41) is 13.1. The summed E-state index contributed by atoms with van der Waals surface area (Å²) in [7, 11) is -0.641. The molecule has 1 saturated carbocycles. The van der Waals surface area contributed by atoms with Crippen molar-refractivity contribution in [3.63, 3.8) is 0 Å². The van der Waals surface area contributed by atoms with Gasteiger partial charge in [0.2, 0.25) is 10.0 Å². The lowest BCUT2D eigenvalue weighted by atomic mass is 9.80. The summed E-state index contributed by atoms with van der Waals surface area (Å²) < 4.78 is 25.4. The van der Waals surface area contributed by atoms with Crippen molar-refractivity contribution in [2.24, 2.45) is 0 Å². The Morgan fingerprint density at radius 1 is 1.40 bits per heavy atom. The van der Waals surface area contributed by atoms with Crippen molar-refractivity contribution in [3.05, 3.63) is 18.2 Å². The van der Waals surface area contributed by atoms with Gasteiger partial charge in [-0.2, -0.15) is 0 Å². The van der Waals surface area contributed by atoms with E-state index in [1.807, 2.05) is 0 Å². The fourth-order valence-electron chi connectivity index (χ4n) is 2.14. The van der Waals surface area contributed by atoms with E-state index in [1.54, 1.807) is 12.1 Å². The number of benzene rings is 1. The molecule has 0 amide bonds. The van der Waals surface area contributed by atoms with Crippen molar-refractivity contribution < 1.29 is 13.5 Å². The fourth-order valence-corrected chi connectivity index (χ4v) is 3.17. The zero-order valence-electron chi connectivity index (χ0n) is 11.8. The van der Waals surface area contributed by atoms with E-state index in [2.05, 4.69) is 5.32 Å². The molecule has 0 atom stereocenters. The van der Waals surface area contributed by atoms with E-state index in [0.717, 1.165) is 23.6 Å². The van der Waals surface area contributed by atoms with Gasteiger partial charge in [0.25, 0.3) is 0 Å². The van der Waals surface area contributed by atoms with Crippen LogP contribution >= 0.6 is 0 Å². The van der Waals surface area contributed by atoms with Crippen LogP contribution in [0.1, 0.15) is 19.3 Å². The van der Waals surface area contributed by atoms with Crippen LogP contribution in [0.4, 0.5) is 11.4 Å². The average Bonchev–Trinajstić information content (AvgIpc) is 2.35. The summed E-state index contributed by atoms with van der Waals surface area (Å²) in [6.45, 7) is 0.378. The Labute approximate surface area is 119 Å². The molecule has 0 saturated heterocycles. The molecule has 6 nitrogen and oxygen atoms in total. The van der Waals surface area contributed by atoms with Crippen molar-refractivity contribution in [1.82, 2.24) is 4.31 Å². The van der Waals surface area contributed by atoms with E-state index in [-0.39, 0.29) is 10.6 Å². The predicted molar refractivity (Wildman–Crippen MR) is 79.0 cm³/mol. The number of anilines is 2. The molecule has 1 fully saturated rings. The first-order chi connectivity index (χ1) is 9.26. The summed E-state index contributed by atoms with van der Waals surface area (Å²) in [5.41, 5.74) is 5.97. The van der Waals surface area contributed by atoms with Gasteiger partial charge < -0.3 is 16.2 Å². The van der Waals surface area contributed by atoms with Crippen molar-refractivity contribution >= 4 is 21.4 Å². The molecule has 2 rings (SSSR count). The van der Waals surface area contributed by atoms with Gasteiger partial charge in [0.15, 0.2) is 0 Å². The van der Waals surface area contributed by atoms with Gasteiger partial charge in [0.1, 0.15) is 4.90 Å². The Morgan fingerprint density at radius 2 is 2.05 bits per heavy atom. The Morgan fingerprint density at radius 3 is 2.55 bits per heavy atom. The number of hydrogen-bond acceptors (Lipinski definition) is 5. The minimum absolute atomic E-state index is 0.0769. The molecule has 1 aromatic carbocycles. The Bertz CT molecular complexity index is 595. The molecular weight excluding hydrogens is 278 g/mol. The topological polar surface area (TPSA) is 95.7 Å². The summed E-state index contributed by atoms with van der Waals surface area (Å²) in [6.07, 6.45) is 2.54. The quantitative estimate of drug-likeness (QED) is 0.700. The molecule has 0 aliphatic heterocycles. The van der Waals surface area contributed by atoms with Crippen LogP contribution < -0.4 is 11.1 Å². The number of hydrogen-bond donors (Lipinski definition) is 3. The van der Waals surface area contributed by atoms with Crippen LogP contribution in [-0.2, 0) is 10.0 Å². The van der Waals surface area contributed by atoms with Gasteiger partial charge in [-0.25, -0.2) is 12.7 Å². The highest BCUT2D eigenvalue weighted by Gasteiger charge is 2.34. The summed E-state index contributed by atoms with van der Waals surface area (Å²) >= 11 is 0. The smallest absolute Gasteiger partial charge is 0.244 e. The van der Waals surface area contributed by atoms with Crippen LogP contribution in [0, 0.1) is 0 Å². The third-order valence-corrected chi connectivity index (χ3v) is 5.59. The molecule has 1 aliphatic rings. The number of nitrogen functional groups attached to an aromatic ring is 1. The number of rotatable bonds is 5. The summed E-state index contributed by atoms with van der Waals surface area (Å²) in [5.74, 6) is 0. The van der Waals surface area contributed by atoms with E-state index >= 15 is 0 Å². The van der Waals surface area contributed by atoms with E-state index in [4.69, 9.17) is 5.73 Å². The number of nitrogens with one attached hydrogen (secondary N) is 1. The molecule has 0 heterocycles. The molecule has 112 valence electrons. The van der Waals surface area contributed by atoms with Crippen LogP contribution in [0.25, 0.3) is 0 Å². The molecule has 7 heteroatoms. The van der Waals surface area contributed by atoms with E-state index < -0.39 is 15.6 Å². The third kappa shape index (κ3) is 2.74. The first-order valence-corrected chi connectivity index (χ1v) is 7.98. The molecule has 0 aromatic heterocycles. The molecule has 0 spiro atoms. The normalized spacial score (nSPS) is 17.8. The molecular formula is C13H21N3O3S. The lowest BCUT2D eigenvalue weighted by molar-refractivity contribution is -0.0201. The van der Waals surface area contributed by atoms with Crippen LogP contribution in [0.2, 0.25) is 0 Å². The molecule has 20 heavy (non-hydrogen) atoms. The minimum atomic E-state index is -3.57. The van der Waals surface area contributed by atoms with Gasteiger partial charge >= 0.3 is 0 Å². The molecule has 0 bridgehead atoms. The van der Waals surface area contributed by atoms with Gasteiger partial charge in [-0.15, -0.1) is 0 Å². The average molecular weight is 299 g/mol. The number of para-hydroxylation sites is 1. The standard InChI is InChI=1S/C13H21N3O3S/c1-16(2)20(18,19)11-6-3-5-10(12(11)14)15-9-13(17)7-4-8-13/h3,5-6,15,17H,4,7-9,14H2,1-2H3. The van der Waals surface area contributed by atoms with E-state index in [1.165, 1.54) is 20.2 Å². The number of aliphatic hydroxyl groups is 1.